The lowest BCUT2D eigenvalue weighted by atomic mass is 9.87. The Kier molecular flexibility index (Phi) is 5.52. The molecule has 1 aromatic heterocycles. The molecule has 160 valence electrons. The Labute approximate surface area is 181 Å². The zero-order valence-corrected chi connectivity index (χ0v) is 18.2. The van der Waals surface area contributed by atoms with E-state index in [-0.39, 0.29) is 11.4 Å². The van der Waals surface area contributed by atoms with Gasteiger partial charge in [0.15, 0.2) is 0 Å². The molecule has 1 fully saturated rings. The summed E-state index contributed by atoms with van der Waals surface area (Å²) < 4.78 is 5.47. The number of carbonyl (C=O) groups excluding carboxylic acids is 2. The van der Waals surface area contributed by atoms with Crippen molar-refractivity contribution in [1.82, 2.24) is 4.90 Å². The molecule has 1 atom stereocenters. The zero-order chi connectivity index (χ0) is 22.2. The molecule has 1 aliphatic heterocycles. The smallest absolute Gasteiger partial charge is 0.336 e. The van der Waals surface area contributed by atoms with E-state index in [9.17, 15) is 14.4 Å². The number of hydrogen-bond donors (Lipinski definition) is 0. The van der Waals surface area contributed by atoms with Gasteiger partial charge in [-0.1, -0.05) is 36.4 Å². The van der Waals surface area contributed by atoms with Crippen molar-refractivity contribution in [3.05, 3.63) is 70.1 Å². The van der Waals surface area contributed by atoms with Gasteiger partial charge in [-0.3, -0.25) is 4.79 Å². The molecule has 31 heavy (non-hydrogen) atoms. The summed E-state index contributed by atoms with van der Waals surface area (Å²) in [6.07, 6.45) is 3.62. The number of aryl methyl sites for hydroxylation is 1. The zero-order valence-electron chi connectivity index (χ0n) is 18.2. The lowest BCUT2D eigenvalue weighted by Crippen LogP contribution is -2.52. The predicted octanol–water partition coefficient (Wildman–Crippen LogP) is 4.84. The minimum absolute atomic E-state index is 0.198. The van der Waals surface area contributed by atoms with Crippen LogP contribution < -0.4 is 5.63 Å². The van der Waals surface area contributed by atoms with E-state index in [4.69, 9.17) is 4.42 Å². The van der Waals surface area contributed by atoms with Crippen molar-refractivity contribution in [2.45, 2.75) is 51.5 Å². The van der Waals surface area contributed by atoms with Crippen LogP contribution in [0.5, 0.6) is 0 Å². The SMILES string of the molecule is Cc1ccccc1-c1cc(=O)oc2cc(C(C=O)C(=O)N3CCCCC3(C)C)ccc12. The van der Waals surface area contributed by atoms with Gasteiger partial charge in [-0.25, -0.2) is 4.79 Å². The molecular weight excluding hydrogens is 390 g/mol. The fraction of sp³-hybridized carbons (Fsp3) is 0.346. The number of hydrogen-bond acceptors (Lipinski definition) is 4. The van der Waals surface area contributed by atoms with Crippen molar-refractivity contribution in [2.75, 3.05) is 6.54 Å². The average molecular weight is 418 g/mol. The maximum absolute atomic E-state index is 13.3. The second-order valence-electron chi connectivity index (χ2n) is 8.92. The molecule has 0 saturated carbocycles. The summed E-state index contributed by atoms with van der Waals surface area (Å²) in [6, 6.07) is 14.6. The maximum atomic E-state index is 13.3. The van der Waals surface area contributed by atoms with Crippen molar-refractivity contribution in [1.29, 1.82) is 0 Å². The molecule has 0 N–H and O–H groups in total. The number of amides is 1. The van der Waals surface area contributed by atoms with Crippen molar-refractivity contribution in [3.8, 4) is 11.1 Å². The molecule has 0 aliphatic carbocycles. The van der Waals surface area contributed by atoms with E-state index in [1.807, 2.05) is 56.0 Å². The topological polar surface area (TPSA) is 67.6 Å². The van der Waals surface area contributed by atoms with Crippen LogP contribution in [0, 0.1) is 6.92 Å². The van der Waals surface area contributed by atoms with E-state index in [0.717, 1.165) is 41.3 Å². The van der Waals surface area contributed by atoms with Gasteiger partial charge in [0.2, 0.25) is 5.91 Å². The van der Waals surface area contributed by atoms with E-state index in [1.165, 1.54) is 6.07 Å². The molecule has 5 nitrogen and oxygen atoms in total. The van der Waals surface area contributed by atoms with Crippen LogP contribution in [0.25, 0.3) is 22.1 Å². The average Bonchev–Trinajstić information content (AvgIpc) is 2.73. The lowest BCUT2D eigenvalue weighted by molar-refractivity contribution is -0.141. The molecule has 2 aromatic carbocycles. The predicted molar refractivity (Wildman–Crippen MR) is 121 cm³/mol. The minimum atomic E-state index is -0.922. The molecule has 5 heteroatoms. The maximum Gasteiger partial charge on any atom is 0.336 e. The molecular formula is C26H27NO4. The summed E-state index contributed by atoms with van der Waals surface area (Å²) in [4.78, 5) is 39.4. The molecule has 0 radical (unpaired) electrons. The van der Waals surface area contributed by atoms with Gasteiger partial charge in [0.25, 0.3) is 0 Å². The van der Waals surface area contributed by atoms with Crippen LogP contribution in [-0.2, 0) is 9.59 Å². The van der Waals surface area contributed by atoms with E-state index in [1.54, 1.807) is 12.1 Å². The van der Waals surface area contributed by atoms with Gasteiger partial charge in [0.05, 0.1) is 0 Å². The van der Waals surface area contributed by atoms with Crippen LogP contribution in [0.1, 0.15) is 50.2 Å². The molecule has 0 bridgehead atoms. The fourth-order valence-electron chi connectivity index (χ4n) is 4.59. The summed E-state index contributed by atoms with van der Waals surface area (Å²) in [7, 11) is 0. The van der Waals surface area contributed by atoms with Crippen LogP contribution in [0.15, 0.2) is 57.7 Å². The Morgan fingerprint density at radius 2 is 1.87 bits per heavy atom. The second kappa shape index (κ2) is 8.14. The Balaban J connectivity index is 1.78. The first-order chi connectivity index (χ1) is 14.8. The highest BCUT2D eigenvalue weighted by Crippen LogP contribution is 2.33. The van der Waals surface area contributed by atoms with Gasteiger partial charge < -0.3 is 14.1 Å². The molecule has 4 rings (SSSR count). The largest absolute Gasteiger partial charge is 0.423 e. The number of likely N-dealkylation sites (tertiary alicyclic amines) is 1. The number of aldehydes is 1. The molecule has 1 unspecified atom stereocenters. The standard InChI is InChI=1S/C26H27NO4/c1-17-8-4-5-9-19(17)21-15-24(29)31-23-14-18(10-11-20(21)23)22(16-28)25(30)27-13-7-6-12-26(27,2)3/h4-5,8-11,14-16,22H,6-7,12-13H2,1-3H3. The van der Waals surface area contributed by atoms with Crippen molar-refractivity contribution >= 4 is 23.2 Å². The third kappa shape index (κ3) is 3.92. The van der Waals surface area contributed by atoms with Crippen LogP contribution >= 0.6 is 0 Å². The minimum Gasteiger partial charge on any atom is -0.423 e. The number of nitrogens with zero attached hydrogens (tertiary/aromatic N) is 1. The summed E-state index contributed by atoms with van der Waals surface area (Å²) in [5.74, 6) is -1.12. The van der Waals surface area contributed by atoms with Crippen LogP contribution in [0.2, 0.25) is 0 Å². The summed E-state index contributed by atoms with van der Waals surface area (Å²) in [5, 5.41) is 0.771. The first kappa shape index (κ1) is 21.0. The highest BCUT2D eigenvalue weighted by molar-refractivity contribution is 6.00. The molecule has 1 saturated heterocycles. The van der Waals surface area contributed by atoms with Gasteiger partial charge in [0.1, 0.15) is 17.8 Å². The van der Waals surface area contributed by atoms with E-state index >= 15 is 0 Å². The first-order valence-corrected chi connectivity index (χ1v) is 10.7. The molecule has 1 amide bonds. The third-order valence-electron chi connectivity index (χ3n) is 6.38. The molecule has 1 aliphatic rings. The van der Waals surface area contributed by atoms with Crippen LogP contribution in [0.4, 0.5) is 0 Å². The highest BCUT2D eigenvalue weighted by atomic mass is 16.4. The van der Waals surface area contributed by atoms with Crippen molar-refractivity contribution < 1.29 is 14.0 Å². The van der Waals surface area contributed by atoms with E-state index in [0.29, 0.717) is 24.0 Å². The lowest BCUT2D eigenvalue weighted by Gasteiger charge is -2.43. The Bertz CT molecular complexity index is 1210. The van der Waals surface area contributed by atoms with Crippen LogP contribution in [-0.4, -0.2) is 29.2 Å². The van der Waals surface area contributed by atoms with Gasteiger partial charge in [-0.15, -0.1) is 0 Å². The van der Waals surface area contributed by atoms with Gasteiger partial charge in [-0.2, -0.15) is 0 Å². The number of carbonyl (C=O) groups is 2. The van der Waals surface area contributed by atoms with Crippen molar-refractivity contribution in [3.63, 3.8) is 0 Å². The second-order valence-corrected chi connectivity index (χ2v) is 8.92. The van der Waals surface area contributed by atoms with Gasteiger partial charge in [0, 0.05) is 29.1 Å². The van der Waals surface area contributed by atoms with Crippen molar-refractivity contribution in [2.24, 2.45) is 0 Å². The number of piperidine rings is 1. The fourth-order valence-corrected chi connectivity index (χ4v) is 4.59. The first-order valence-electron chi connectivity index (χ1n) is 10.7. The molecule has 2 heterocycles. The Hall–Kier alpha value is -3.21. The monoisotopic (exact) mass is 417 g/mol. The Morgan fingerprint density at radius 3 is 2.58 bits per heavy atom. The third-order valence-corrected chi connectivity index (χ3v) is 6.38. The molecule has 3 aromatic rings. The number of fused-ring (bicyclic) bond motifs is 1. The highest BCUT2D eigenvalue weighted by Gasteiger charge is 2.37. The summed E-state index contributed by atoms with van der Waals surface area (Å²) in [6.45, 7) is 6.72. The van der Waals surface area contributed by atoms with Crippen LogP contribution in [0.3, 0.4) is 0 Å². The van der Waals surface area contributed by atoms with E-state index in [2.05, 4.69) is 0 Å². The number of benzene rings is 2. The van der Waals surface area contributed by atoms with Gasteiger partial charge >= 0.3 is 5.63 Å². The number of rotatable bonds is 4. The molecule has 0 spiro atoms. The summed E-state index contributed by atoms with van der Waals surface area (Å²) >= 11 is 0. The Morgan fingerprint density at radius 1 is 1.10 bits per heavy atom. The normalized spacial score (nSPS) is 16.8. The quantitative estimate of drug-likeness (QED) is 0.346. The van der Waals surface area contributed by atoms with E-state index < -0.39 is 11.5 Å². The summed E-state index contributed by atoms with van der Waals surface area (Å²) in [5.41, 5.74) is 2.95. The van der Waals surface area contributed by atoms with Gasteiger partial charge in [-0.05, 0) is 62.8 Å².